The molecule has 3 heterocycles. The summed E-state index contributed by atoms with van der Waals surface area (Å²) in [5.41, 5.74) is 1.06. The van der Waals surface area contributed by atoms with Crippen molar-refractivity contribution in [2.45, 2.75) is 18.9 Å². The highest BCUT2D eigenvalue weighted by atomic mass is 79.9. The number of pyridine rings is 1. The van der Waals surface area contributed by atoms with Crippen LogP contribution in [0.5, 0.6) is 0 Å². The summed E-state index contributed by atoms with van der Waals surface area (Å²) in [5, 5.41) is 4.12. The highest BCUT2D eigenvalue weighted by Gasteiger charge is 2.34. The molecule has 0 aliphatic carbocycles. The van der Waals surface area contributed by atoms with Gasteiger partial charge in [0.2, 0.25) is 0 Å². The van der Waals surface area contributed by atoms with Crippen LogP contribution in [0.3, 0.4) is 0 Å². The number of nitrogens with zero attached hydrogens (tertiary/aromatic N) is 2. The minimum atomic E-state index is 0.520. The molecule has 92 valence electrons. The highest BCUT2D eigenvalue weighted by molar-refractivity contribution is 9.10. The van der Waals surface area contributed by atoms with Gasteiger partial charge in [0.1, 0.15) is 5.15 Å². The van der Waals surface area contributed by atoms with Crippen LogP contribution in [0, 0.1) is 5.92 Å². The molecule has 5 heteroatoms. The van der Waals surface area contributed by atoms with Crippen LogP contribution >= 0.6 is 27.5 Å². The number of nitrogens with one attached hydrogen (secondary N) is 1. The van der Waals surface area contributed by atoms with Gasteiger partial charge in [-0.25, -0.2) is 4.98 Å². The monoisotopic (exact) mass is 315 g/mol. The van der Waals surface area contributed by atoms with E-state index in [1.165, 1.54) is 32.5 Å². The Morgan fingerprint density at radius 2 is 2.24 bits per heavy atom. The summed E-state index contributed by atoms with van der Waals surface area (Å²) in [5.74, 6) is 0.790. The van der Waals surface area contributed by atoms with E-state index in [0.717, 1.165) is 16.1 Å². The lowest BCUT2D eigenvalue weighted by molar-refractivity contribution is 0.255. The van der Waals surface area contributed by atoms with Gasteiger partial charge in [0, 0.05) is 19.1 Å². The molecule has 2 bridgehead atoms. The van der Waals surface area contributed by atoms with Crippen LogP contribution < -0.4 is 5.32 Å². The van der Waals surface area contributed by atoms with Gasteiger partial charge in [-0.2, -0.15) is 0 Å². The normalized spacial score (nSPS) is 31.5. The SMILES string of the molecule is Clc1ncc(NC2CCN3CCC2C3)cc1Br. The Bertz CT molecular complexity index is 426. The van der Waals surface area contributed by atoms with E-state index in [0.29, 0.717) is 11.2 Å². The van der Waals surface area contributed by atoms with Crippen molar-refractivity contribution in [2.24, 2.45) is 5.92 Å². The van der Waals surface area contributed by atoms with Crippen LogP contribution in [0.1, 0.15) is 12.8 Å². The van der Waals surface area contributed by atoms with E-state index in [2.05, 4.69) is 31.1 Å². The zero-order valence-corrected chi connectivity index (χ0v) is 11.8. The van der Waals surface area contributed by atoms with E-state index >= 15 is 0 Å². The van der Waals surface area contributed by atoms with E-state index in [1.54, 1.807) is 0 Å². The Labute approximate surface area is 115 Å². The number of halogens is 2. The molecule has 2 saturated heterocycles. The summed E-state index contributed by atoms with van der Waals surface area (Å²) in [6, 6.07) is 2.60. The molecule has 0 aromatic carbocycles. The zero-order chi connectivity index (χ0) is 11.8. The molecule has 3 rings (SSSR count). The topological polar surface area (TPSA) is 28.2 Å². The average Bonchev–Trinajstić information content (AvgIpc) is 2.71. The van der Waals surface area contributed by atoms with Crippen LogP contribution in [0.25, 0.3) is 0 Å². The number of hydrogen-bond acceptors (Lipinski definition) is 3. The average molecular weight is 317 g/mol. The van der Waals surface area contributed by atoms with Crippen molar-refractivity contribution < 1.29 is 0 Å². The smallest absolute Gasteiger partial charge is 0.143 e. The van der Waals surface area contributed by atoms with Gasteiger partial charge in [-0.05, 0) is 47.3 Å². The van der Waals surface area contributed by atoms with Crippen LogP contribution in [-0.4, -0.2) is 35.6 Å². The van der Waals surface area contributed by atoms with E-state index in [4.69, 9.17) is 11.6 Å². The molecule has 1 N–H and O–H groups in total. The molecule has 3 unspecified atom stereocenters. The maximum absolute atomic E-state index is 5.89. The number of hydrogen-bond donors (Lipinski definition) is 1. The van der Waals surface area contributed by atoms with Gasteiger partial charge < -0.3 is 10.2 Å². The first-order valence-electron chi connectivity index (χ1n) is 6.02. The molecule has 3 nitrogen and oxygen atoms in total. The van der Waals surface area contributed by atoms with Crippen molar-refractivity contribution in [3.63, 3.8) is 0 Å². The molecular formula is C12H15BrClN3. The van der Waals surface area contributed by atoms with Gasteiger partial charge in [-0.1, -0.05) is 11.6 Å². The Morgan fingerprint density at radius 1 is 1.41 bits per heavy atom. The van der Waals surface area contributed by atoms with E-state index in [9.17, 15) is 0 Å². The molecule has 0 amide bonds. The molecule has 2 aliphatic rings. The predicted molar refractivity (Wildman–Crippen MR) is 73.5 cm³/mol. The second-order valence-corrected chi connectivity index (χ2v) is 6.10. The first-order chi connectivity index (χ1) is 8.22. The van der Waals surface area contributed by atoms with Gasteiger partial charge in [0.05, 0.1) is 16.4 Å². The van der Waals surface area contributed by atoms with E-state index in [1.807, 2.05) is 12.3 Å². The summed E-state index contributed by atoms with van der Waals surface area (Å²) in [6.07, 6.45) is 4.36. The maximum atomic E-state index is 5.89. The summed E-state index contributed by atoms with van der Waals surface area (Å²) in [7, 11) is 0. The van der Waals surface area contributed by atoms with Crippen molar-refractivity contribution in [1.29, 1.82) is 0 Å². The van der Waals surface area contributed by atoms with Crippen molar-refractivity contribution >= 4 is 33.2 Å². The minimum absolute atomic E-state index is 0.520. The number of fused-ring (bicyclic) bond motifs is 2. The van der Waals surface area contributed by atoms with Gasteiger partial charge in [0.25, 0.3) is 0 Å². The molecule has 1 aromatic heterocycles. The van der Waals surface area contributed by atoms with E-state index in [-0.39, 0.29) is 0 Å². The van der Waals surface area contributed by atoms with Crippen molar-refractivity contribution in [3.05, 3.63) is 21.9 Å². The largest absolute Gasteiger partial charge is 0.381 e. The third-order valence-electron chi connectivity index (χ3n) is 3.78. The lowest BCUT2D eigenvalue weighted by Gasteiger charge is -2.31. The molecule has 0 saturated carbocycles. The first-order valence-corrected chi connectivity index (χ1v) is 7.19. The summed E-state index contributed by atoms with van der Waals surface area (Å²) < 4.78 is 0.855. The minimum Gasteiger partial charge on any atom is -0.381 e. The van der Waals surface area contributed by atoms with Gasteiger partial charge in [-0.15, -0.1) is 0 Å². The number of anilines is 1. The van der Waals surface area contributed by atoms with Crippen LogP contribution in [-0.2, 0) is 0 Å². The second-order valence-electron chi connectivity index (χ2n) is 4.89. The fourth-order valence-electron chi connectivity index (χ4n) is 2.86. The molecule has 2 aliphatic heterocycles. The van der Waals surface area contributed by atoms with E-state index < -0.39 is 0 Å². The van der Waals surface area contributed by atoms with Gasteiger partial charge >= 0.3 is 0 Å². The molecule has 17 heavy (non-hydrogen) atoms. The van der Waals surface area contributed by atoms with Gasteiger partial charge in [0.15, 0.2) is 0 Å². The number of rotatable bonds is 2. The number of piperidine rings is 1. The van der Waals surface area contributed by atoms with Crippen molar-refractivity contribution in [3.8, 4) is 0 Å². The fraction of sp³-hybridized carbons (Fsp3) is 0.583. The lowest BCUT2D eigenvalue weighted by atomic mass is 9.94. The molecule has 1 aromatic rings. The van der Waals surface area contributed by atoms with Crippen LogP contribution in [0.4, 0.5) is 5.69 Å². The molecule has 0 spiro atoms. The summed E-state index contributed by atoms with van der Waals surface area (Å²) in [6.45, 7) is 3.74. The van der Waals surface area contributed by atoms with Crippen LogP contribution in [0.2, 0.25) is 5.15 Å². The Morgan fingerprint density at radius 3 is 3.06 bits per heavy atom. The predicted octanol–water partition coefficient (Wildman–Crippen LogP) is 3.00. The lowest BCUT2D eigenvalue weighted by Crippen LogP contribution is -2.39. The molecule has 2 fully saturated rings. The van der Waals surface area contributed by atoms with Crippen LogP contribution in [0.15, 0.2) is 16.7 Å². The Hall–Kier alpha value is -0.320. The standard InChI is InChI=1S/C12H15BrClN3/c13-10-5-9(6-15-12(10)14)16-11-2-4-17-3-1-8(11)7-17/h5-6,8,11,16H,1-4,7H2. The Balaban J connectivity index is 1.71. The first kappa shape index (κ1) is 11.8. The third kappa shape index (κ3) is 2.44. The highest BCUT2D eigenvalue weighted by Crippen LogP contribution is 2.30. The van der Waals surface area contributed by atoms with Crippen molar-refractivity contribution in [1.82, 2.24) is 9.88 Å². The Kier molecular flexibility index (Phi) is 3.28. The van der Waals surface area contributed by atoms with Gasteiger partial charge in [-0.3, -0.25) is 0 Å². The number of aromatic nitrogens is 1. The zero-order valence-electron chi connectivity index (χ0n) is 9.50. The summed E-state index contributed by atoms with van der Waals surface area (Å²) >= 11 is 9.30. The molecule has 3 atom stereocenters. The maximum Gasteiger partial charge on any atom is 0.143 e. The third-order valence-corrected chi connectivity index (χ3v) is 4.92. The second kappa shape index (κ2) is 4.75. The fourth-order valence-corrected chi connectivity index (χ4v) is 3.31. The molecule has 0 radical (unpaired) electrons. The molecular weight excluding hydrogens is 302 g/mol. The quantitative estimate of drug-likeness (QED) is 0.850. The van der Waals surface area contributed by atoms with Crippen molar-refractivity contribution in [2.75, 3.05) is 25.0 Å². The summed E-state index contributed by atoms with van der Waals surface area (Å²) in [4.78, 5) is 6.71.